The second kappa shape index (κ2) is 12.6. The minimum atomic E-state index is -0.162. The van der Waals surface area contributed by atoms with Crippen LogP contribution < -0.4 is 4.90 Å². The summed E-state index contributed by atoms with van der Waals surface area (Å²) in [5.41, 5.74) is 18.1. The fourth-order valence-electron chi connectivity index (χ4n) is 8.82. The molecule has 1 aliphatic carbocycles. The van der Waals surface area contributed by atoms with Gasteiger partial charge >= 0.3 is 0 Å². The van der Waals surface area contributed by atoms with Crippen LogP contribution in [-0.2, 0) is 16.2 Å². The van der Waals surface area contributed by atoms with Crippen molar-refractivity contribution in [2.45, 2.75) is 71.6 Å². The lowest BCUT2D eigenvalue weighted by molar-refractivity contribution is 0.564. The van der Waals surface area contributed by atoms with Gasteiger partial charge in [0.15, 0.2) is 0 Å². The van der Waals surface area contributed by atoms with Gasteiger partial charge in [-0.25, -0.2) is 0 Å². The number of fused-ring (bicyclic) bond motifs is 6. The molecule has 55 heavy (non-hydrogen) atoms. The molecule has 7 aromatic carbocycles. The summed E-state index contributed by atoms with van der Waals surface area (Å²) in [6.45, 7) is 18.9. The summed E-state index contributed by atoms with van der Waals surface area (Å²) >= 11 is 0. The third-order valence-electron chi connectivity index (χ3n) is 11.8. The molecular formula is C53H49NO. The average Bonchev–Trinajstić information content (AvgIpc) is 3.67. The van der Waals surface area contributed by atoms with E-state index in [0.717, 1.165) is 39.0 Å². The minimum absolute atomic E-state index is 0.0319. The van der Waals surface area contributed by atoms with Crippen LogP contribution in [0.5, 0.6) is 0 Å². The Morgan fingerprint density at radius 1 is 0.491 bits per heavy atom. The molecule has 2 nitrogen and oxygen atoms in total. The molecule has 0 radical (unpaired) electrons. The van der Waals surface area contributed by atoms with Gasteiger partial charge in [-0.2, -0.15) is 0 Å². The van der Waals surface area contributed by atoms with Gasteiger partial charge in [0.1, 0.15) is 11.2 Å². The maximum absolute atomic E-state index is 6.48. The van der Waals surface area contributed by atoms with Crippen molar-refractivity contribution in [2.24, 2.45) is 0 Å². The highest BCUT2D eigenvalue weighted by Gasteiger charge is 2.41. The standard InChI is InChI=1S/C53H49NO/c1-51(2,3)36-32-42(52(4,5)6)50-43(33-36)53(7,8)41-23-16-22-39(48(41)50)38-20-12-14-24-44(38)54(37-30-28-35(29-31-37)34-18-10-9-11-19-34)45-25-17-27-47-49(45)40-21-13-15-26-46(40)55-47/h9-33H,1-8H3. The second-order valence-corrected chi connectivity index (χ2v) is 17.8. The van der Waals surface area contributed by atoms with Crippen LogP contribution in [0, 0.1) is 0 Å². The summed E-state index contributed by atoms with van der Waals surface area (Å²) in [6, 6.07) is 55.4. The maximum Gasteiger partial charge on any atom is 0.137 e. The van der Waals surface area contributed by atoms with Gasteiger partial charge < -0.3 is 9.32 Å². The van der Waals surface area contributed by atoms with E-state index in [1.165, 1.54) is 55.6 Å². The highest BCUT2D eigenvalue weighted by atomic mass is 16.3. The molecule has 0 atom stereocenters. The Morgan fingerprint density at radius 3 is 1.85 bits per heavy atom. The molecule has 0 bridgehead atoms. The van der Waals surface area contributed by atoms with Gasteiger partial charge in [0.2, 0.25) is 0 Å². The molecule has 0 saturated heterocycles. The van der Waals surface area contributed by atoms with E-state index in [1.54, 1.807) is 0 Å². The number of anilines is 3. The number of rotatable bonds is 5. The summed E-state index contributed by atoms with van der Waals surface area (Å²) in [5.74, 6) is 0. The van der Waals surface area contributed by atoms with E-state index in [-0.39, 0.29) is 16.2 Å². The SMILES string of the molecule is CC(C)(C)c1cc(C(C)(C)C)c2c(c1)C(C)(C)c1cccc(-c3ccccc3N(c3ccc(-c4ccccc4)cc3)c3cccc4oc5ccccc5c34)c1-2. The van der Waals surface area contributed by atoms with E-state index in [0.29, 0.717) is 0 Å². The normalized spacial score (nSPS) is 13.6. The zero-order valence-corrected chi connectivity index (χ0v) is 33.3. The van der Waals surface area contributed by atoms with Crippen molar-refractivity contribution in [1.82, 2.24) is 0 Å². The van der Waals surface area contributed by atoms with Crippen LogP contribution in [0.25, 0.3) is 55.3 Å². The van der Waals surface area contributed by atoms with Crippen LogP contribution >= 0.6 is 0 Å². The van der Waals surface area contributed by atoms with Crippen LogP contribution in [0.15, 0.2) is 156 Å². The van der Waals surface area contributed by atoms with Crippen molar-refractivity contribution < 1.29 is 4.42 Å². The van der Waals surface area contributed by atoms with Crippen molar-refractivity contribution in [3.8, 4) is 33.4 Å². The van der Waals surface area contributed by atoms with Gasteiger partial charge in [-0.15, -0.1) is 0 Å². The molecular weight excluding hydrogens is 667 g/mol. The Morgan fingerprint density at radius 2 is 1.11 bits per heavy atom. The summed E-state index contributed by atoms with van der Waals surface area (Å²) in [5, 5.41) is 2.21. The number of furan rings is 1. The van der Waals surface area contributed by atoms with Gasteiger partial charge in [-0.3, -0.25) is 0 Å². The number of hydrogen-bond donors (Lipinski definition) is 0. The first-order valence-electron chi connectivity index (χ1n) is 19.6. The van der Waals surface area contributed by atoms with Crippen molar-refractivity contribution in [3.05, 3.63) is 174 Å². The largest absolute Gasteiger partial charge is 0.456 e. The van der Waals surface area contributed by atoms with Crippen LogP contribution in [0.4, 0.5) is 17.1 Å². The zero-order chi connectivity index (χ0) is 38.3. The first-order chi connectivity index (χ1) is 26.3. The van der Waals surface area contributed by atoms with Gasteiger partial charge in [0.25, 0.3) is 0 Å². The highest BCUT2D eigenvalue weighted by molar-refractivity contribution is 6.14. The minimum Gasteiger partial charge on any atom is -0.456 e. The average molecular weight is 716 g/mol. The van der Waals surface area contributed by atoms with Crippen molar-refractivity contribution in [1.29, 1.82) is 0 Å². The summed E-state index contributed by atoms with van der Waals surface area (Å²) in [7, 11) is 0. The lowest BCUT2D eigenvalue weighted by Gasteiger charge is -2.31. The molecule has 0 unspecified atom stereocenters. The molecule has 2 heteroatoms. The Hall–Kier alpha value is -5.86. The van der Waals surface area contributed by atoms with Crippen molar-refractivity contribution >= 4 is 39.0 Å². The smallest absolute Gasteiger partial charge is 0.137 e. The van der Waals surface area contributed by atoms with Crippen LogP contribution in [0.1, 0.15) is 77.6 Å². The molecule has 272 valence electrons. The highest BCUT2D eigenvalue weighted by Crippen LogP contribution is 2.57. The predicted molar refractivity (Wildman–Crippen MR) is 234 cm³/mol. The molecule has 0 spiro atoms. The molecule has 1 aromatic heterocycles. The summed E-state index contributed by atoms with van der Waals surface area (Å²) < 4.78 is 6.48. The monoisotopic (exact) mass is 715 g/mol. The molecule has 9 rings (SSSR count). The van der Waals surface area contributed by atoms with Gasteiger partial charge in [0, 0.05) is 22.1 Å². The van der Waals surface area contributed by atoms with Gasteiger partial charge in [0.05, 0.1) is 16.8 Å². The Labute approximate surface area is 326 Å². The molecule has 1 heterocycles. The first-order valence-corrected chi connectivity index (χ1v) is 19.6. The Bertz CT molecular complexity index is 2730. The van der Waals surface area contributed by atoms with Crippen molar-refractivity contribution in [2.75, 3.05) is 4.90 Å². The number of benzene rings is 7. The second-order valence-electron chi connectivity index (χ2n) is 17.8. The molecule has 0 N–H and O–H groups in total. The van der Waals surface area contributed by atoms with Crippen LogP contribution in [0.3, 0.4) is 0 Å². The fraction of sp³-hybridized carbons (Fsp3) is 0.208. The molecule has 8 aromatic rings. The first kappa shape index (κ1) is 34.9. The predicted octanol–water partition coefficient (Wildman–Crippen LogP) is 15.3. The van der Waals surface area contributed by atoms with Crippen LogP contribution in [0.2, 0.25) is 0 Å². The van der Waals surface area contributed by atoms with E-state index < -0.39 is 0 Å². The van der Waals surface area contributed by atoms with E-state index in [1.807, 2.05) is 6.07 Å². The summed E-state index contributed by atoms with van der Waals surface area (Å²) in [4.78, 5) is 2.45. The molecule has 0 amide bonds. The Kier molecular flexibility index (Phi) is 7.99. The van der Waals surface area contributed by atoms with Gasteiger partial charge in [-0.1, -0.05) is 171 Å². The maximum atomic E-state index is 6.48. The topological polar surface area (TPSA) is 16.4 Å². The fourth-order valence-corrected chi connectivity index (χ4v) is 8.82. The lowest BCUT2D eigenvalue weighted by atomic mass is 9.74. The van der Waals surface area contributed by atoms with Crippen LogP contribution in [-0.4, -0.2) is 0 Å². The van der Waals surface area contributed by atoms with E-state index in [2.05, 4.69) is 206 Å². The third-order valence-corrected chi connectivity index (χ3v) is 11.8. The number of nitrogens with zero attached hydrogens (tertiary/aromatic N) is 1. The third kappa shape index (κ3) is 5.70. The van der Waals surface area contributed by atoms with Crippen molar-refractivity contribution in [3.63, 3.8) is 0 Å². The number of hydrogen-bond acceptors (Lipinski definition) is 2. The number of para-hydroxylation sites is 2. The van der Waals surface area contributed by atoms with E-state index in [4.69, 9.17) is 4.42 Å². The Balaban J connectivity index is 1.33. The quantitative estimate of drug-likeness (QED) is 0.176. The zero-order valence-electron chi connectivity index (χ0n) is 33.3. The molecule has 0 saturated carbocycles. The molecule has 0 fully saturated rings. The van der Waals surface area contributed by atoms with E-state index in [9.17, 15) is 0 Å². The molecule has 0 aliphatic heterocycles. The van der Waals surface area contributed by atoms with Gasteiger partial charge in [-0.05, 0) is 97.3 Å². The summed E-state index contributed by atoms with van der Waals surface area (Å²) in [6.07, 6.45) is 0. The molecule has 1 aliphatic rings. The van der Waals surface area contributed by atoms with E-state index >= 15 is 0 Å². The lowest BCUT2D eigenvalue weighted by Crippen LogP contribution is -2.21.